The molecule has 0 aliphatic carbocycles. The Morgan fingerprint density at radius 3 is 2.05 bits per heavy atom. The third kappa shape index (κ3) is 4.94. The predicted molar refractivity (Wildman–Crippen MR) is 133 cm³/mol. The highest BCUT2D eigenvalue weighted by molar-refractivity contribution is 7.88. The molecule has 0 aromatic heterocycles. The number of guanidine groups is 1. The summed E-state index contributed by atoms with van der Waals surface area (Å²) < 4.78 is 70.2. The molecule has 37 heavy (non-hydrogen) atoms. The molecule has 0 bridgehead atoms. The van der Waals surface area contributed by atoms with Gasteiger partial charge in [0.25, 0.3) is 5.91 Å². The number of likely N-dealkylation sites (N-methyl/N-ethyl adjacent to an activating group) is 1. The number of halogens is 4. The summed E-state index contributed by atoms with van der Waals surface area (Å²) in [6, 6.07) is 18.9. The summed E-state index contributed by atoms with van der Waals surface area (Å²) in [6.07, 6.45) is 0. The largest absolute Gasteiger partial charge is 0.534 e. The molecule has 0 spiro atoms. The second-order valence-corrected chi connectivity index (χ2v) is 9.40. The number of methoxy groups -OCH3 is 1. The van der Waals surface area contributed by atoms with Gasteiger partial charge in [-0.1, -0.05) is 42.5 Å². The summed E-state index contributed by atoms with van der Waals surface area (Å²) in [4.78, 5) is 19.1. The second kappa shape index (κ2) is 9.94. The molecule has 196 valence electrons. The van der Waals surface area contributed by atoms with E-state index in [4.69, 9.17) is 10.5 Å². The number of nitrogens with two attached hydrogens (primary N) is 1. The van der Waals surface area contributed by atoms with Crippen molar-refractivity contribution in [3.05, 3.63) is 83.9 Å². The first kappa shape index (κ1) is 27.8. The molecule has 0 fully saturated rings. The third-order valence-corrected chi connectivity index (χ3v) is 6.66. The maximum absolute atomic E-state index is 13.5. The fraction of sp³-hybridized carbons (Fsp3) is 0.167. The number of carbonyl (C=O) groups is 1. The summed E-state index contributed by atoms with van der Waals surface area (Å²) >= 11 is 0. The molecule has 3 aromatic rings. The molecular weight excluding hydrogens is 535 g/mol. The van der Waals surface area contributed by atoms with E-state index >= 15 is 0 Å². The van der Waals surface area contributed by atoms with Crippen molar-refractivity contribution < 1.29 is 35.3 Å². The van der Waals surface area contributed by atoms with E-state index in [1.165, 1.54) is 19.2 Å². The Morgan fingerprint density at radius 1 is 0.919 bits per heavy atom. The number of amides is 1. The number of ether oxygens (including phenoxy) is 1. The molecule has 1 heterocycles. The van der Waals surface area contributed by atoms with Crippen molar-refractivity contribution in [3.8, 4) is 22.6 Å². The average molecular weight is 556 g/mol. The highest BCUT2D eigenvalue weighted by Crippen LogP contribution is 2.41. The molecule has 2 N–H and O–H groups in total. The molecule has 8 nitrogen and oxygen atoms in total. The first-order chi connectivity index (χ1) is 16.9. The fourth-order valence-corrected chi connectivity index (χ4v) is 4.30. The minimum Gasteiger partial charge on any atom is -0.497 e. The van der Waals surface area contributed by atoms with Gasteiger partial charge in [0.2, 0.25) is 0 Å². The van der Waals surface area contributed by atoms with Gasteiger partial charge in [-0.25, -0.2) is 4.99 Å². The fourth-order valence-electron chi connectivity index (χ4n) is 3.84. The van der Waals surface area contributed by atoms with E-state index in [-0.39, 0.29) is 23.9 Å². The Morgan fingerprint density at radius 2 is 1.51 bits per heavy atom. The van der Waals surface area contributed by atoms with Gasteiger partial charge in [-0.2, -0.15) is 21.6 Å². The van der Waals surface area contributed by atoms with E-state index in [1.807, 2.05) is 24.3 Å². The lowest BCUT2D eigenvalue weighted by Gasteiger charge is -2.26. The molecule has 0 radical (unpaired) electrons. The quantitative estimate of drug-likeness (QED) is 0.363. The van der Waals surface area contributed by atoms with Crippen LogP contribution in [-0.2, 0) is 20.5 Å². The zero-order chi connectivity index (χ0) is 26.3. The Bertz CT molecular complexity index is 1460. The predicted octanol–water partition coefficient (Wildman–Crippen LogP) is 4.04. The SMILES string of the molecule is COc1cccc(-c2cccc([C@]3(c4ccc(OS(=O)(=O)C(F)(F)F)cc4)N=C(N)N(C)C3=O)c2)c1.Cl. The van der Waals surface area contributed by atoms with Gasteiger partial charge in [0.05, 0.1) is 7.11 Å². The normalized spacial score (nSPS) is 17.7. The monoisotopic (exact) mass is 555 g/mol. The highest BCUT2D eigenvalue weighted by Gasteiger charge is 2.50. The number of carbonyl (C=O) groups excluding carboxylic acids is 1. The van der Waals surface area contributed by atoms with Crippen molar-refractivity contribution in [2.75, 3.05) is 14.2 Å². The smallest absolute Gasteiger partial charge is 0.497 e. The zero-order valence-electron chi connectivity index (χ0n) is 19.4. The molecule has 0 unspecified atom stereocenters. The number of hydrogen-bond donors (Lipinski definition) is 1. The van der Waals surface area contributed by atoms with Crippen molar-refractivity contribution in [2.45, 2.75) is 11.0 Å². The molecule has 3 aromatic carbocycles. The molecular formula is C24H21ClF3N3O5S. The summed E-state index contributed by atoms with van der Waals surface area (Å²) in [6.45, 7) is 0. The lowest BCUT2D eigenvalue weighted by Crippen LogP contribution is -2.41. The molecule has 0 saturated heterocycles. The minimum absolute atomic E-state index is 0. The standard InChI is InChI=1S/C24H20F3N3O5S.ClH/c1-30-21(31)23(29-22(30)28,17-9-11-19(12-10-17)35-36(32,33)24(25,26)27)18-7-3-5-15(13-18)16-6-4-8-20(14-16)34-2;/h3-14H,1-2H3,(H2,28,29);1H/t23-;/m0./s1. The summed E-state index contributed by atoms with van der Waals surface area (Å²) in [5, 5.41) is 0. The molecule has 4 rings (SSSR count). The Balaban J connectivity index is 0.00000380. The molecule has 13 heteroatoms. The van der Waals surface area contributed by atoms with E-state index in [9.17, 15) is 26.4 Å². The van der Waals surface area contributed by atoms with Crippen LogP contribution < -0.4 is 14.7 Å². The van der Waals surface area contributed by atoms with Crippen LogP contribution in [0.5, 0.6) is 11.5 Å². The topological polar surface area (TPSA) is 111 Å². The summed E-state index contributed by atoms with van der Waals surface area (Å²) in [5.41, 5.74) is 0.980. The maximum Gasteiger partial charge on any atom is 0.534 e. The zero-order valence-corrected chi connectivity index (χ0v) is 21.0. The molecule has 1 aliphatic heterocycles. The van der Waals surface area contributed by atoms with Crippen LogP contribution in [0.1, 0.15) is 11.1 Å². The molecule has 0 saturated carbocycles. The van der Waals surface area contributed by atoms with Gasteiger partial charge >= 0.3 is 15.6 Å². The van der Waals surface area contributed by atoms with Crippen molar-refractivity contribution in [3.63, 3.8) is 0 Å². The van der Waals surface area contributed by atoms with Crippen LogP contribution in [-0.4, -0.2) is 44.9 Å². The first-order valence-corrected chi connectivity index (χ1v) is 11.8. The van der Waals surface area contributed by atoms with E-state index in [0.717, 1.165) is 28.2 Å². The number of benzene rings is 3. The van der Waals surface area contributed by atoms with Gasteiger partial charge in [0.15, 0.2) is 11.5 Å². The molecule has 1 aliphatic rings. The van der Waals surface area contributed by atoms with Gasteiger partial charge < -0.3 is 14.7 Å². The lowest BCUT2D eigenvalue weighted by atomic mass is 9.81. The Kier molecular flexibility index (Phi) is 7.47. The van der Waals surface area contributed by atoms with Crippen molar-refractivity contribution in [1.29, 1.82) is 0 Å². The van der Waals surface area contributed by atoms with Gasteiger partial charge in [-0.3, -0.25) is 9.69 Å². The number of hydrogen-bond acceptors (Lipinski definition) is 7. The van der Waals surface area contributed by atoms with Gasteiger partial charge in [-0.05, 0) is 52.6 Å². The highest BCUT2D eigenvalue weighted by atomic mass is 35.5. The van der Waals surface area contributed by atoms with Gasteiger partial charge in [0, 0.05) is 7.05 Å². The van der Waals surface area contributed by atoms with Gasteiger partial charge in [0.1, 0.15) is 11.5 Å². The van der Waals surface area contributed by atoms with E-state index < -0.39 is 32.8 Å². The van der Waals surface area contributed by atoms with Crippen LogP contribution in [0, 0.1) is 0 Å². The number of nitrogens with zero attached hydrogens (tertiary/aromatic N) is 2. The number of alkyl halides is 3. The van der Waals surface area contributed by atoms with Crippen molar-refractivity contribution in [1.82, 2.24) is 4.90 Å². The van der Waals surface area contributed by atoms with Crippen LogP contribution in [0.2, 0.25) is 0 Å². The van der Waals surface area contributed by atoms with E-state index in [1.54, 1.807) is 31.4 Å². The van der Waals surface area contributed by atoms with Crippen molar-refractivity contribution >= 4 is 34.4 Å². The van der Waals surface area contributed by atoms with E-state index in [0.29, 0.717) is 11.3 Å². The van der Waals surface area contributed by atoms with Crippen LogP contribution in [0.3, 0.4) is 0 Å². The van der Waals surface area contributed by atoms with Crippen LogP contribution in [0.25, 0.3) is 11.1 Å². The van der Waals surface area contributed by atoms with Crippen molar-refractivity contribution in [2.24, 2.45) is 10.7 Å². The van der Waals surface area contributed by atoms with Gasteiger partial charge in [-0.15, -0.1) is 12.4 Å². The van der Waals surface area contributed by atoms with Crippen LogP contribution in [0.4, 0.5) is 13.2 Å². The van der Waals surface area contributed by atoms with E-state index in [2.05, 4.69) is 9.18 Å². The number of rotatable bonds is 6. The second-order valence-electron chi connectivity index (χ2n) is 7.86. The maximum atomic E-state index is 13.5. The first-order valence-electron chi connectivity index (χ1n) is 10.4. The third-order valence-electron chi connectivity index (χ3n) is 5.68. The van der Waals surface area contributed by atoms with Crippen LogP contribution >= 0.6 is 12.4 Å². The Labute approximate surface area is 217 Å². The Hall–Kier alpha value is -3.77. The molecule has 1 amide bonds. The van der Waals surface area contributed by atoms with Crippen LogP contribution in [0.15, 0.2) is 77.8 Å². The summed E-state index contributed by atoms with van der Waals surface area (Å²) in [5.74, 6) is -0.505. The average Bonchev–Trinajstić information content (AvgIpc) is 3.08. The minimum atomic E-state index is -5.85. The molecule has 1 atom stereocenters. The lowest BCUT2D eigenvalue weighted by molar-refractivity contribution is -0.129. The summed E-state index contributed by atoms with van der Waals surface area (Å²) in [7, 11) is -2.86. The number of aliphatic imine (C=N–C) groups is 1.